The first-order valence-electron chi connectivity index (χ1n) is 8.97. The van der Waals surface area contributed by atoms with Crippen molar-refractivity contribution in [2.45, 2.75) is 52.2 Å². The SMILES string of the molecule is CC(C)[C@@H]1CC[C@@H](C)C[C@H]1OC(=O)COC(=O)[C@@H](O)c1ccccc1. The van der Waals surface area contributed by atoms with Gasteiger partial charge in [-0.3, -0.25) is 0 Å². The predicted octanol–water partition coefficient (Wildman–Crippen LogP) is 3.27. The molecular formula is C20H28O5. The van der Waals surface area contributed by atoms with Crippen molar-refractivity contribution in [1.29, 1.82) is 0 Å². The van der Waals surface area contributed by atoms with Crippen LogP contribution in [-0.2, 0) is 19.1 Å². The fourth-order valence-electron chi connectivity index (χ4n) is 3.43. The van der Waals surface area contributed by atoms with E-state index in [2.05, 4.69) is 20.8 Å². The van der Waals surface area contributed by atoms with Gasteiger partial charge in [-0.05, 0) is 36.2 Å². The van der Waals surface area contributed by atoms with E-state index in [4.69, 9.17) is 9.47 Å². The van der Waals surface area contributed by atoms with Crippen molar-refractivity contribution in [3.05, 3.63) is 35.9 Å². The summed E-state index contributed by atoms with van der Waals surface area (Å²) in [6.45, 7) is 5.96. The summed E-state index contributed by atoms with van der Waals surface area (Å²) in [5.74, 6) is -0.104. The van der Waals surface area contributed by atoms with E-state index >= 15 is 0 Å². The second-order valence-electron chi connectivity index (χ2n) is 7.28. The Hall–Kier alpha value is -1.88. The monoisotopic (exact) mass is 348 g/mol. The summed E-state index contributed by atoms with van der Waals surface area (Å²) in [6, 6.07) is 8.48. The third-order valence-electron chi connectivity index (χ3n) is 4.91. The van der Waals surface area contributed by atoms with Crippen LogP contribution in [0.4, 0.5) is 0 Å². The number of carbonyl (C=O) groups is 2. The number of aliphatic hydroxyl groups excluding tert-OH is 1. The second-order valence-corrected chi connectivity index (χ2v) is 7.28. The molecule has 2 rings (SSSR count). The van der Waals surface area contributed by atoms with E-state index in [0.717, 1.165) is 19.3 Å². The predicted molar refractivity (Wildman–Crippen MR) is 93.6 cm³/mol. The summed E-state index contributed by atoms with van der Waals surface area (Å²) >= 11 is 0. The van der Waals surface area contributed by atoms with Crippen molar-refractivity contribution < 1.29 is 24.2 Å². The first-order chi connectivity index (χ1) is 11.9. The molecule has 25 heavy (non-hydrogen) atoms. The second kappa shape index (κ2) is 8.99. The number of hydrogen-bond acceptors (Lipinski definition) is 5. The Morgan fingerprint density at radius 1 is 1.20 bits per heavy atom. The molecule has 1 aliphatic carbocycles. The number of benzene rings is 1. The van der Waals surface area contributed by atoms with Crippen LogP contribution >= 0.6 is 0 Å². The van der Waals surface area contributed by atoms with Crippen LogP contribution in [0.1, 0.15) is 51.7 Å². The average Bonchev–Trinajstić information content (AvgIpc) is 2.59. The summed E-state index contributed by atoms with van der Waals surface area (Å²) in [5.41, 5.74) is 0.432. The zero-order valence-corrected chi connectivity index (χ0v) is 15.2. The van der Waals surface area contributed by atoms with E-state index in [9.17, 15) is 14.7 Å². The highest BCUT2D eigenvalue weighted by atomic mass is 16.6. The van der Waals surface area contributed by atoms with Crippen LogP contribution < -0.4 is 0 Å². The Bertz CT molecular complexity index is 569. The molecule has 1 fully saturated rings. The van der Waals surface area contributed by atoms with Crippen LogP contribution in [0.3, 0.4) is 0 Å². The van der Waals surface area contributed by atoms with Crippen LogP contribution in [0.2, 0.25) is 0 Å². The standard InChI is InChI=1S/C20H28O5/c1-13(2)16-10-9-14(3)11-17(16)25-18(21)12-24-20(23)19(22)15-7-5-4-6-8-15/h4-8,13-14,16-17,19,22H,9-12H2,1-3H3/t14-,16+,17-,19+/m1/s1. The van der Waals surface area contributed by atoms with Gasteiger partial charge in [-0.15, -0.1) is 0 Å². The minimum atomic E-state index is -1.40. The van der Waals surface area contributed by atoms with E-state index in [0.29, 0.717) is 23.3 Å². The van der Waals surface area contributed by atoms with Gasteiger partial charge in [0.05, 0.1) is 0 Å². The van der Waals surface area contributed by atoms with Crippen molar-refractivity contribution in [3.63, 3.8) is 0 Å². The van der Waals surface area contributed by atoms with E-state index in [1.54, 1.807) is 30.3 Å². The fourth-order valence-corrected chi connectivity index (χ4v) is 3.43. The molecule has 1 aliphatic rings. The molecule has 5 nitrogen and oxygen atoms in total. The third kappa shape index (κ3) is 5.56. The van der Waals surface area contributed by atoms with Crippen molar-refractivity contribution in [2.24, 2.45) is 17.8 Å². The lowest BCUT2D eigenvalue weighted by Crippen LogP contribution is -2.37. The number of carbonyl (C=O) groups excluding carboxylic acids is 2. The molecule has 0 bridgehead atoms. The smallest absolute Gasteiger partial charge is 0.344 e. The summed E-state index contributed by atoms with van der Waals surface area (Å²) in [6.07, 6.45) is 1.51. The molecule has 0 saturated heterocycles. The zero-order valence-electron chi connectivity index (χ0n) is 15.2. The van der Waals surface area contributed by atoms with Gasteiger partial charge in [-0.2, -0.15) is 0 Å². The molecule has 1 N–H and O–H groups in total. The highest BCUT2D eigenvalue weighted by molar-refractivity contribution is 5.80. The molecule has 0 heterocycles. The molecule has 0 radical (unpaired) electrons. The quantitative estimate of drug-likeness (QED) is 0.799. The zero-order chi connectivity index (χ0) is 18.4. The van der Waals surface area contributed by atoms with Gasteiger partial charge in [0, 0.05) is 0 Å². The highest BCUT2D eigenvalue weighted by Crippen LogP contribution is 2.35. The minimum absolute atomic E-state index is 0.131. The number of hydrogen-bond donors (Lipinski definition) is 1. The average molecular weight is 348 g/mol. The molecule has 0 aliphatic heterocycles. The lowest BCUT2D eigenvalue weighted by atomic mass is 9.75. The van der Waals surface area contributed by atoms with E-state index in [-0.39, 0.29) is 6.10 Å². The number of esters is 2. The van der Waals surface area contributed by atoms with Crippen molar-refractivity contribution in [2.75, 3.05) is 6.61 Å². The van der Waals surface area contributed by atoms with Crippen molar-refractivity contribution in [3.8, 4) is 0 Å². The van der Waals surface area contributed by atoms with E-state index < -0.39 is 24.6 Å². The van der Waals surface area contributed by atoms with Gasteiger partial charge < -0.3 is 14.6 Å². The Balaban J connectivity index is 1.84. The Labute approximate surface area is 149 Å². The maximum absolute atomic E-state index is 12.1. The summed E-state index contributed by atoms with van der Waals surface area (Å²) in [7, 11) is 0. The summed E-state index contributed by atoms with van der Waals surface area (Å²) < 4.78 is 10.5. The molecule has 1 aromatic rings. The molecule has 0 aromatic heterocycles. The van der Waals surface area contributed by atoms with Gasteiger partial charge in [0.2, 0.25) is 0 Å². The first-order valence-corrected chi connectivity index (χ1v) is 8.97. The number of ether oxygens (including phenoxy) is 2. The van der Waals surface area contributed by atoms with Gasteiger partial charge in [0.1, 0.15) is 6.10 Å². The van der Waals surface area contributed by atoms with Crippen LogP contribution in [0.5, 0.6) is 0 Å². The summed E-state index contributed by atoms with van der Waals surface area (Å²) in [5, 5.41) is 9.95. The van der Waals surface area contributed by atoms with E-state index in [1.807, 2.05) is 0 Å². The number of aliphatic hydroxyl groups is 1. The molecule has 0 spiro atoms. The molecule has 1 aromatic carbocycles. The molecule has 4 atom stereocenters. The minimum Gasteiger partial charge on any atom is -0.460 e. The van der Waals surface area contributed by atoms with Gasteiger partial charge in [-0.25, -0.2) is 9.59 Å². The van der Waals surface area contributed by atoms with Crippen LogP contribution in [0.15, 0.2) is 30.3 Å². The van der Waals surface area contributed by atoms with Gasteiger partial charge in [-0.1, -0.05) is 57.5 Å². The normalized spacial score (nSPS) is 24.6. The lowest BCUT2D eigenvalue weighted by molar-refractivity contribution is -0.170. The van der Waals surface area contributed by atoms with Crippen LogP contribution in [0.25, 0.3) is 0 Å². The van der Waals surface area contributed by atoms with E-state index in [1.165, 1.54) is 0 Å². The Morgan fingerprint density at radius 2 is 1.88 bits per heavy atom. The maximum Gasteiger partial charge on any atom is 0.344 e. The first kappa shape index (κ1) is 19.4. The highest BCUT2D eigenvalue weighted by Gasteiger charge is 2.33. The molecule has 0 amide bonds. The van der Waals surface area contributed by atoms with Crippen molar-refractivity contribution >= 4 is 11.9 Å². The maximum atomic E-state index is 12.1. The topological polar surface area (TPSA) is 72.8 Å². The van der Waals surface area contributed by atoms with Crippen molar-refractivity contribution in [1.82, 2.24) is 0 Å². The molecule has 138 valence electrons. The molecular weight excluding hydrogens is 320 g/mol. The van der Waals surface area contributed by atoms with Gasteiger partial charge in [0.25, 0.3) is 0 Å². The Kier molecular flexibility index (Phi) is 7.00. The lowest BCUT2D eigenvalue weighted by Gasteiger charge is -2.36. The van der Waals surface area contributed by atoms with Crippen LogP contribution in [-0.4, -0.2) is 29.8 Å². The molecule has 0 unspecified atom stereocenters. The number of rotatable bonds is 6. The van der Waals surface area contributed by atoms with Gasteiger partial charge in [0.15, 0.2) is 12.7 Å². The Morgan fingerprint density at radius 3 is 2.52 bits per heavy atom. The largest absolute Gasteiger partial charge is 0.460 e. The third-order valence-corrected chi connectivity index (χ3v) is 4.91. The fraction of sp³-hybridized carbons (Fsp3) is 0.600. The molecule has 5 heteroatoms. The van der Waals surface area contributed by atoms with Crippen LogP contribution in [0, 0.1) is 17.8 Å². The summed E-state index contributed by atoms with van der Waals surface area (Å²) in [4.78, 5) is 24.0. The van der Waals surface area contributed by atoms with Gasteiger partial charge >= 0.3 is 11.9 Å². The molecule has 1 saturated carbocycles.